The van der Waals surface area contributed by atoms with Crippen LogP contribution in [-0.4, -0.2) is 26.6 Å². The molecular weight excluding hydrogens is 347 g/mol. The lowest BCUT2D eigenvalue weighted by molar-refractivity contribution is 0.398. The number of fused-ring (bicyclic) bond motifs is 1. The number of halogens is 1. The molecule has 0 aliphatic heterocycles. The molecule has 0 fully saturated rings. The summed E-state index contributed by atoms with van der Waals surface area (Å²) in [6.45, 7) is 0.0701. The lowest BCUT2D eigenvalue weighted by Gasteiger charge is -2.11. The zero-order valence-electron chi connectivity index (χ0n) is 14.5. The van der Waals surface area contributed by atoms with Crippen LogP contribution in [0.4, 0.5) is 4.39 Å². The van der Waals surface area contributed by atoms with Gasteiger partial charge in [-0.3, -0.25) is 9.36 Å². The second kappa shape index (κ2) is 6.95. The summed E-state index contributed by atoms with van der Waals surface area (Å²) < 4.78 is 21.3. The summed E-state index contributed by atoms with van der Waals surface area (Å²) in [7, 11) is 1.53. The molecule has 0 aliphatic carbocycles. The average Bonchev–Trinajstić information content (AvgIpc) is 2.71. The minimum absolute atomic E-state index is 0.0701. The number of nitrogens with zero attached hydrogens (tertiary/aromatic N) is 4. The molecule has 0 bridgehead atoms. The van der Waals surface area contributed by atoms with Gasteiger partial charge < -0.3 is 4.74 Å². The topological polar surface area (TPSA) is 69.9 Å². The molecule has 1 aromatic carbocycles. The molecule has 0 radical (unpaired) electrons. The third-order valence-corrected chi connectivity index (χ3v) is 4.26. The highest BCUT2D eigenvalue weighted by Crippen LogP contribution is 2.24. The summed E-state index contributed by atoms with van der Waals surface area (Å²) in [4.78, 5) is 24.6. The van der Waals surface area contributed by atoms with Crippen molar-refractivity contribution in [1.82, 2.24) is 19.5 Å². The minimum atomic E-state index is -0.406. The maximum Gasteiger partial charge on any atom is 0.270 e. The predicted octanol–water partition coefficient (Wildman–Crippen LogP) is 3.05. The molecule has 27 heavy (non-hydrogen) atoms. The van der Waals surface area contributed by atoms with Gasteiger partial charge in [-0.2, -0.15) is 0 Å². The average molecular weight is 362 g/mol. The maximum absolute atomic E-state index is 14.7. The Labute approximate surface area is 153 Å². The monoisotopic (exact) mass is 362 g/mol. The van der Waals surface area contributed by atoms with Crippen LogP contribution in [0, 0.1) is 5.82 Å². The highest BCUT2D eigenvalue weighted by molar-refractivity contribution is 5.69. The van der Waals surface area contributed by atoms with Crippen LogP contribution >= 0.6 is 0 Å². The van der Waals surface area contributed by atoms with Crippen molar-refractivity contribution in [3.8, 4) is 17.0 Å². The van der Waals surface area contributed by atoms with Gasteiger partial charge >= 0.3 is 0 Å². The molecule has 4 aromatic rings. The van der Waals surface area contributed by atoms with Gasteiger partial charge in [0, 0.05) is 24.0 Å². The van der Waals surface area contributed by atoms with Crippen molar-refractivity contribution in [2.24, 2.45) is 0 Å². The van der Waals surface area contributed by atoms with Gasteiger partial charge in [0.25, 0.3) is 5.56 Å². The van der Waals surface area contributed by atoms with Crippen LogP contribution in [0.2, 0.25) is 0 Å². The predicted molar refractivity (Wildman–Crippen MR) is 99.1 cm³/mol. The van der Waals surface area contributed by atoms with Gasteiger partial charge in [0.15, 0.2) is 5.65 Å². The number of benzene rings is 1. The van der Waals surface area contributed by atoms with E-state index in [4.69, 9.17) is 4.74 Å². The van der Waals surface area contributed by atoms with Crippen LogP contribution in [0.1, 0.15) is 5.56 Å². The third-order valence-electron chi connectivity index (χ3n) is 4.26. The number of methoxy groups -OCH3 is 1. The fourth-order valence-corrected chi connectivity index (χ4v) is 2.87. The molecule has 0 atom stereocenters. The van der Waals surface area contributed by atoms with E-state index >= 15 is 0 Å². The number of ether oxygens (including phenoxy) is 1. The van der Waals surface area contributed by atoms with Gasteiger partial charge in [0.2, 0.25) is 5.88 Å². The zero-order chi connectivity index (χ0) is 18.8. The lowest BCUT2D eigenvalue weighted by Crippen LogP contribution is -2.22. The Morgan fingerprint density at radius 1 is 1.04 bits per heavy atom. The summed E-state index contributed by atoms with van der Waals surface area (Å²) in [5, 5.41) is 0. The number of hydrogen-bond donors (Lipinski definition) is 0. The van der Waals surface area contributed by atoms with Crippen molar-refractivity contribution >= 4 is 11.2 Å². The molecule has 0 unspecified atom stereocenters. The van der Waals surface area contributed by atoms with Crippen LogP contribution in [0.5, 0.6) is 5.88 Å². The fraction of sp³-hybridized carbons (Fsp3) is 0.100. The standard InChI is InChI=1S/C20H15FN4O2/c1-27-18-10-14(6-8-22-18)13-4-5-15(16(21)9-13)12-25-19(26)11-24-17-3-2-7-23-20(17)25/h2-11H,12H2,1H3. The fourth-order valence-electron chi connectivity index (χ4n) is 2.87. The normalized spacial score (nSPS) is 10.9. The van der Waals surface area contributed by atoms with Crippen LogP contribution < -0.4 is 10.3 Å². The molecule has 134 valence electrons. The van der Waals surface area contributed by atoms with Crippen molar-refractivity contribution < 1.29 is 9.13 Å². The van der Waals surface area contributed by atoms with E-state index in [1.807, 2.05) is 0 Å². The molecule has 3 heterocycles. The van der Waals surface area contributed by atoms with Crippen molar-refractivity contribution in [3.63, 3.8) is 0 Å². The number of aromatic nitrogens is 4. The first kappa shape index (κ1) is 16.8. The highest BCUT2D eigenvalue weighted by Gasteiger charge is 2.11. The minimum Gasteiger partial charge on any atom is -0.481 e. The van der Waals surface area contributed by atoms with Crippen LogP contribution in [0.15, 0.2) is 65.8 Å². The van der Waals surface area contributed by atoms with E-state index in [9.17, 15) is 9.18 Å². The molecule has 0 saturated heterocycles. The van der Waals surface area contributed by atoms with Crippen molar-refractivity contribution in [2.75, 3.05) is 7.11 Å². The van der Waals surface area contributed by atoms with Crippen molar-refractivity contribution in [3.05, 3.63) is 82.8 Å². The molecular formula is C20H15FN4O2. The second-order valence-electron chi connectivity index (χ2n) is 5.92. The van der Waals surface area contributed by atoms with Gasteiger partial charge in [-0.05, 0) is 35.4 Å². The molecule has 0 saturated carbocycles. The first-order chi connectivity index (χ1) is 13.2. The van der Waals surface area contributed by atoms with E-state index < -0.39 is 5.82 Å². The van der Waals surface area contributed by atoms with E-state index in [1.165, 1.54) is 23.9 Å². The Morgan fingerprint density at radius 2 is 1.89 bits per heavy atom. The Hall–Kier alpha value is -3.61. The smallest absolute Gasteiger partial charge is 0.270 e. The van der Waals surface area contributed by atoms with Gasteiger partial charge in [0.1, 0.15) is 11.3 Å². The Morgan fingerprint density at radius 3 is 2.70 bits per heavy atom. The van der Waals surface area contributed by atoms with Crippen molar-refractivity contribution in [2.45, 2.75) is 6.54 Å². The molecule has 0 aliphatic rings. The van der Waals surface area contributed by atoms with E-state index in [2.05, 4.69) is 15.0 Å². The van der Waals surface area contributed by atoms with Crippen LogP contribution in [-0.2, 0) is 6.54 Å². The molecule has 6 nitrogen and oxygen atoms in total. The van der Waals surface area contributed by atoms with Gasteiger partial charge in [0.05, 0.1) is 19.9 Å². The van der Waals surface area contributed by atoms with E-state index in [0.717, 1.165) is 5.56 Å². The highest BCUT2D eigenvalue weighted by atomic mass is 19.1. The van der Waals surface area contributed by atoms with E-state index in [0.29, 0.717) is 28.2 Å². The largest absolute Gasteiger partial charge is 0.481 e. The molecule has 3 aromatic heterocycles. The first-order valence-corrected chi connectivity index (χ1v) is 8.25. The summed E-state index contributed by atoms with van der Waals surface area (Å²) in [6, 6.07) is 11.9. The Kier molecular flexibility index (Phi) is 4.33. The number of pyridine rings is 2. The van der Waals surface area contributed by atoms with Crippen molar-refractivity contribution in [1.29, 1.82) is 0 Å². The third kappa shape index (κ3) is 3.27. The van der Waals surface area contributed by atoms with Gasteiger partial charge in [-0.25, -0.2) is 19.3 Å². The number of rotatable bonds is 4. The van der Waals surface area contributed by atoms with Gasteiger partial charge in [-0.1, -0.05) is 12.1 Å². The molecule has 7 heteroatoms. The Bertz CT molecular complexity index is 1190. The van der Waals surface area contributed by atoms with Gasteiger partial charge in [-0.15, -0.1) is 0 Å². The molecule has 4 rings (SSSR count). The zero-order valence-corrected chi connectivity index (χ0v) is 14.5. The Balaban J connectivity index is 1.72. The summed E-state index contributed by atoms with van der Waals surface area (Å²) >= 11 is 0. The molecule has 0 N–H and O–H groups in total. The summed E-state index contributed by atoms with van der Waals surface area (Å²) in [5.41, 5.74) is 2.55. The summed E-state index contributed by atoms with van der Waals surface area (Å²) in [6.07, 6.45) is 4.41. The van der Waals surface area contributed by atoms with Crippen LogP contribution in [0.3, 0.4) is 0 Å². The number of hydrogen-bond acceptors (Lipinski definition) is 5. The summed E-state index contributed by atoms with van der Waals surface area (Å²) in [5.74, 6) is 0.0499. The van der Waals surface area contributed by atoms with Crippen LogP contribution in [0.25, 0.3) is 22.3 Å². The quantitative estimate of drug-likeness (QED) is 0.558. The first-order valence-electron chi connectivity index (χ1n) is 8.25. The lowest BCUT2D eigenvalue weighted by atomic mass is 10.0. The second-order valence-corrected chi connectivity index (χ2v) is 5.92. The maximum atomic E-state index is 14.7. The van der Waals surface area contributed by atoms with E-state index in [1.54, 1.807) is 48.8 Å². The molecule has 0 amide bonds. The SMILES string of the molecule is COc1cc(-c2ccc(Cn3c(=O)cnc4cccnc43)c(F)c2)ccn1. The molecule has 0 spiro atoms. The van der Waals surface area contributed by atoms with E-state index in [-0.39, 0.29) is 12.1 Å².